The number of amides is 1. The van der Waals surface area contributed by atoms with E-state index in [1.807, 2.05) is 47.0 Å². The lowest BCUT2D eigenvalue weighted by Gasteiger charge is -2.26. The molecule has 0 bridgehead atoms. The second-order valence-corrected chi connectivity index (χ2v) is 9.23. The average Bonchev–Trinajstić information content (AvgIpc) is 3.28. The molecule has 0 radical (unpaired) electrons. The minimum absolute atomic E-state index is 0.0159. The number of hydrogen-bond donors (Lipinski definition) is 1. The molecule has 0 saturated carbocycles. The Hall–Kier alpha value is -3.16. The lowest BCUT2D eigenvalue weighted by atomic mass is 9.88. The molecule has 0 aliphatic heterocycles. The van der Waals surface area contributed by atoms with Gasteiger partial charge in [0, 0.05) is 28.7 Å². The number of halogens is 1. The fourth-order valence-corrected chi connectivity index (χ4v) is 5.03. The molecule has 8 heteroatoms. The van der Waals surface area contributed by atoms with Gasteiger partial charge >= 0.3 is 0 Å². The smallest absolute Gasteiger partial charge is 0.230 e. The summed E-state index contributed by atoms with van der Waals surface area (Å²) >= 11 is 7.46. The third kappa shape index (κ3) is 4.79. The highest BCUT2D eigenvalue weighted by molar-refractivity contribution is 7.99. The van der Waals surface area contributed by atoms with Crippen LogP contribution in [-0.4, -0.2) is 31.4 Å². The summed E-state index contributed by atoms with van der Waals surface area (Å²) in [5, 5.41) is 13.3. The van der Waals surface area contributed by atoms with Gasteiger partial charge in [0.2, 0.25) is 5.91 Å². The third-order valence-electron chi connectivity index (χ3n) is 5.69. The predicted molar refractivity (Wildman–Crippen MR) is 131 cm³/mol. The summed E-state index contributed by atoms with van der Waals surface area (Å²) in [6.07, 6.45) is 6.55. The maximum atomic E-state index is 12.8. The van der Waals surface area contributed by atoms with Crippen LogP contribution in [0.5, 0.6) is 0 Å². The van der Waals surface area contributed by atoms with Gasteiger partial charge < -0.3 is 5.32 Å². The maximum absolute atomic E-state index is 12.8. The van der Waals surface area contributed by atoms with Crippen LogP contribution in [0.15, 0.2) is 78.2 Å². The van der Waals surface area contributed by atoms with Gasteiger partial charge in [-0.3, -0.25) is 14.3 Å². The minimum Gasteiger partial charge on any atom is -0.349 e. The van der Waals surface area contributed by atoms with E-state index in [1.165, 1.54) is 22.9 Å². The zero-order valence-corrected chi connectivity index (χ0v) is 19.4. The Morgan fingerprint density at radius 1 is 1.06 bits per heavy atom. The van der Waals surface area contributed by atoms with E-state index in [9.17, 15) is 4.79 Å². The highest BCUT2D eigenvalue weighted by Crippen LogP contribution is 2.31. The fourth-order valence-electron chi connectivity index (χ4n) is 4.14. The molecule has 2 heterocycles. The highest BCUT2D eigenvalue weighted by Gasteiger charge is 2.22. The van der Waals surface area contributed by atoms with Crippen LogP contribution in [0.4, 0.5) is 0 Å². The molecule has 1 aliphatic carbocycles. The Morgan fingerprint density at radius 3 is 2.67 bits per heavy atom. The first-order valence-electron chi connectivity index (χ1n) is 10.8. The van der Waals surface area contributed by atoms with Gasteiger partial charge in [0.05, 0.1) is 11.8 Å². The van der Waals surface area contributed by atoms with E-state index in [-0.39, 0.29) is 17.7 Å². The molecule has 0 fully saturated rings. The van der Waals surface area contributed by atoms with Gasteiger partial charge in [0.1, 0.15) is 0 Å². The number of fused-ring (bicyclic) bond motifs is 1. The van der Waals surface area contributed by atoms with Gasteiger partial charge in [-0.15, -0.1) is 10.2 Å². The summed E-state index contributed by atoms with van der Waals surface area (Å²) in [5.41, 5.74) is 4.32. The molecule has 4 aromatic rings. The number of benzene rings is 2. The van der Waals surface area contributed by atoms with E-state index in [2.05, 4.69) is 38.7 Å². The Kier molecular flexibility index (Phi) is 6.41. The molecule has 2 aromatic carbocycles. The second-order valence-electron chi connectivity index (χ2n) is 7.85. The van der Waals surface area contributed by atoms with Gasteiger partial charge in [-0.05, 0) is 66.8 Å². The van der Waals surface area contributed by atoms with Gasteiger partial charge in [-0.2, -0.15) is 0 Å². The zero-order chi connectivity index (χ0) is 22.6. The van der Waals surface area contributed by atoms with Gasteiger partial charge in [0.15, 0.2) is 11.0 Å². The summed E-state index contributed by atoms with van der Waals surface area (Å²) in [5.74, 6) is 0.919. The second kappa shape index (κ2) is 9.77. The third-order valence-corrected chi connectivity index (χ3v) is 6.87. The van der Waals surface area contributed by atoms with E-state index in [0.29, 0.717) is 16.0 Å². The number of thioether (sulfide) groups is 1. The number of nitrogens with zero attached hydrogens (tertiary/aromatic N) is 4. The quantitative estimate of drug-likeness (QED) is 0.385. The van der Waals surface area contributed by atoms with Crippen molar-refractivity contribution >= 4 is 29.3 Å². The summed E-state index contributed by atoms with van der Waals surface area (Å²) in [7, 11) is 0. The molecular formula is C25H22ClN5OS. The first-order chi connectivity index (χ1) is 16.2. The molecule has 0 saturated heterocycles. The van der Waals surface area contributed by atoms with Gasteiger partial charge in [-0.25, -0.2) is 0 Å². The molecule has 33 heavy (non-hydrogen) atoms. The lowest BCUT2D eigenvalue weighted by molar-refractivity contribution is -0.119. The molecule has 0 spiro atoms. The van der Waals surface area contributed by atoms with Crippen LogP contribution in [0.3, 0.4) is 0 Å². The number of carbonyl (C=O) groups excluding carboxylic acids is 1. The monoisotopic (exact) mass is 475 g/mol. The van der Waals surface area contributed by atoms with E-state index in [1.54, 1.807) is 12.4 Å². The first kappa shape index (κ1) is 21.7. The first-order valence-corrected chi connectivity index (χ1v) is 12.2. The SMILES string of the molecule is O=C(CSc1nnc(-c2ccncc2)n1-c1ccc(Cl)cc1)N[C@@H]1CCCc2ccccc21. The van der Waals surface area contributed by atoms with Crippen molar-refractivity contribution in [3.63, 3.8) is 0 Å². The zero-order valence-electron chi connectivity index (χ0n) is 17.8. The van der Waals surface area contributed by atoms with Crippen molar-refractivity contribution in [1.82, 2.24) is 25.1 Å². The van der Waals surface area contributed by atoms with Crippen molar-refractivity contribution in [1.29, 1.82) is 0 Å². The van der Waals surface area contributed by atoms with Crippen molar-refractivity contribution in [3.05, 3.63) is 89.2 Å². The molecule has 6 nitrogen and oxygen atoms in total. The molecule has 5 rings (SSSR count). The number of hydrogen-bond acceptors (Lipinski definition) is 5. The normalized spacial score (nSPS) is 15.1. The van der Waals surface area contributed by atoms with Gasteiger partial charge in [-0.1, -0.05) is 47.6 Å². The molecular weight excluding hydrogens is 454 g/mol. The van der Waals surface area contributed by atoms with Crippen molar-refractivity contribution in [2.24, 2.45) is 0 Å². The number of carbonyl (C=O) groups is 1. The summed E-state index contributed by atoms with van der Waals surface area (Å²) < 4.78 is 1.94. The van der Waals surface area contributed by atoms with E-state index < -0.39 is 0 Å². The molecule has 1 amide bonds. The van der Waals surface area contributed by atoms with Crippen molar-refractivity contribution in [2.75, 3.05) is 5.75 Å². The average molecular weight is 476 g/mol. The van der Waals surface area contributed by atoms with Crippen molar-refractivity contribution < 1.29 is 4.79 Å². The summed E-state index contributed by atoms with van der Waals surface area (Å²) in [6.45, 7) is 0. The Morgan fingerprint density at radius 2 is 1.85 bits per heavy atom. The summed E-state index contributed by atoms with van der Waals surface area (Å²) in [4.78, 5) is 16.9. The van der Waals surface area contributed by atoms with E-state index in [0.717, 1.165) is 30.5 Å². The molecule has 0 unspecified atom stereocenters. The van der Waals surface area contributed by atoms with Crippen LogP contribution in [0, 0.1) is 0 Å². The lowest BCUT2D eigenvalue weighted by Crippen LogP contribution is -2.32. The van der Waals surface area contributed by atoms with Crippen LogP contribution in [0.2, 0.25) is 5.02 Å². The minimum atomic E-state index is -0.0159. The number of pyridine rings is 1. The highest BCUT2D eigenvalue weighted by atomic mass is 35.5. The standard InChI is InChI=1S/C25H22ClN5OS/c26-19-8-10-20(11-9-19)31-24(18-12-14-27-15-13-18)29-30-25(31)33-16-23(32)28-22-7-3-5-17-4-1-2-6-21(17)22/h1-2,4,6,8-15,22H,3,5,7,16H2,(H,28,32)/t22-/m1/s1. The summed E-state index contributed by atoms with van der Waals surface area (Å²) in [6, 6.07) is 19.7. The Balaban J connectivity index is 1.36. The van der Waals surface area contributed by atoms with Crippen molar-refractivity contribution in [2.45, 2.75) is 30.5 Å². The van der Waals surface area contributed by atoms with Crippen LogP contribution >= 0.6 is 23.4 Å². The molecule has 166 valence electrons. The van der Waals surface area contributed by atoms with Crippen molar-refractivity contribution in [3.8, 4) is 17.1 Å². The van der Waals surface area contributed by atoms with E-state index in [4.69, 9.17) is 11.6 Å². The maximum Gasteiger partial charge on any atom is 0.230 e. The van der Waals surface area contributed by atoms with Crippen LogP contribution in [0.25, 0.3) is 17.1 Å². The van der Waals surface area contributed by atoms with Crippen LogP contribution < -0.4 is 5.32 Å². The van der Waals surface area contributed by atoms with Gasteiger partial charge in [0.25, 0.3) is 0 Å². The fraction of sp³-hybridized carbons (Fsp3) is 0.200. The number of aryl methyl sites for hydroxylation is 1. The van der Waals surface area contributed by atoms with E-state index >= 15 is 0 Å². The Bertz CT molecular complexity index is 1260. The topological polar surface area (TPSA) is 72.7 Å². The number of aromatic nitrogens is 4. The number of nitrogens with one attached hydrogen (secondary N) is 1. The molecule has 1 atom stereocenters. The van der Waals surface area contributed by atoms with Crippen LogP contribution in [0.1, 0.15) is 30.0 Å². The predicted octanol–water partition coefficient (Wildman–Crippen LogP) is 5.27. The molecule has 2 aromatic heterocycles. The number of rotatable bonds is 6. The Labute approximate surface area is 201 Å². The largest absolute Gasteiger partial charge is 0.349 e. The van der Waals surface area contributed by atoms with Crippen LogP contribution in [-0.2, 0) is 11.2 Å². The molecule has 1 N–H and O–H groups in total. The molecule has 1 aliphatic rings.